The van der Waals surface area contributed by atoms with Gasteiger partial charge in [-0.1, -0.05) is 6.07 Å². The molecule has 3 N–H and O–H groups in total. The number of carbonyl (C=O) groups is 1. The summed E-state index contributed by atoms with van der Waals surface area (Å²) >= 11 is 0. The fraction of sp³-hybridized carbons (Fsp3) is 0.562. The molecule has 1 aliphatic rings. The average molecular weight is 291 g/mol. The van der Waals surface area contributed by atoms with Gasteiger partial charge < -0.3 is 15.8 Å². The monoisotopic (exact) mass is 291 g/mol. The van der Waals surface area contributed by atoms with E-state index >= 15 is 0 Å². The van der Waals surface area contributed by atoms with E-state index in [1.165, 1.54) is 0 Å². The van der Waals surface area contributed by atoms with Gasteiger partial charge in [0.05, 0.1) is 18.2 Å². The van der Waals surface area contributed by atoms with Crippen molar-refractivity contribution in [1.82, 2.24) is 4.90 Å². The van der Waals surface area contributed by atoms with Crippen molar-refractivity contribution in [2.75, 3.05) is 30.7 Å². The maximum atomic E-state index is 12.5. The lowest BCUT2D eigenvalue weighted by molar-refractivity contribution is -0.129. The molecule has 1 unspecified atom stereocenters. The Hall–Kier alpha value is -1.59. The second-order valence-corrected chi connectivity index (χ2v) is 6.32. The molecule has 5 heteroatoms. The van der Waals surface area contributed by atoms with E-state index in [0.29, 0.717) is 12.3 Å². The van der Waals surface area contributed by atoms with Crippen LogP contribution in [-0.4, -0.2) is 42.1 Å². The predicted octanol–water partition coefficient (Wildman–Crippen LogP) is 2.02. The predicted molar refractivity (Wildman–Crippen MR) is 85.3 cm³/mol. The molecule has 1 aromatic rings. The minimum atomic E-state index is -0.208. The number of ether oxygens (including phenoxy) is 1. The zero-order valence-corrected chi connectivity index (χ0v) is 13.3. The topological polar surface area (TPSA) is 67.6 Å². The Morgan fingerprint density at radius 3 is 2.86 bits per heavy atom. The molecule has 21 heavy (non-hydrogen) atoms. The van der Waals surface area contributed by atoms with Gasteiger partial charge in [0.1, 0.15) is 0 Å². The fourth-order valence-electron chi connectivity index (χ4n) is 2.56. The quantitative estimate of drug-likeness (QED) is 0.836. The standard InChI is InChI=1S/C16H25N3O2/c1-11-5-6-13(17)9-14(11)18-15(20)12(2)19-7-8-21-16(3,4)10-19/h5-6,9,12H,7-8,10,17H2,1-4H3,(H,18,20). The van der Waals surface area contributed by atoms with Crippen molar-refractivity contribution in [2.24, 2.45) is 0 Å². The van der Waals surface area contributed by atoms with E-state index in [2.05, 4.69) is 10.2 Å². The molecule has 0 spiro atoms. The molecule has 0 aromatic heterocycles. The van der Waals surface area contributed by atoms with Crippen LogP contribution in [0.4, 0.5) is 11.4 Å². The van der Waals surface area contributed by atoms with Gasteiger partial charge in [-0.2, -0.15) is 0 Å². The van der Waals surface area contributed by atoms with Crippen molar-refractivity contribution in [3.63, 3.8) is 0 Å². The van der Waals surface area contributed by atoms with E-state index in [-0.39, 0.29) is 17.6 Å². The number of nitrogens with zero attached hydrogens (tertiary/aromatic N) is 1. The van der Waals surface area contributed by atoms with Crippen molar-refractivity contribution < 1.29 is 9.53 Å². The molecular weight excluding hydrogens is 266 g/mol. The number of amides is 1. The van der Waals surface area contributed by atoms with Crippen LogP contribution in [0, 0.1) is 6.92 Å². The Balaban J connectivity index is 2.04. The minimum Gasteiger partial charge on any atom is -0.399 e. The maximum absolute atomic E-state index is 12.5. The molecule has 0 bridgehead atoms. The third-order valence-electron chi connectivity index (χ3n) is 3.90. The highest BCUT2D eigenvalue weighted by Crippen LogP contribution is 2.21. The van der Waals surface area contributed by atoms with Crippen LogP contribution in [-0.2, 0) is 9.53 Å². The summed E-state index contributed by atoms with van der Waals surface area (Å²) in [4.78, 5) is 14.6. The molecule has 116 valence electrons. The molecule has 1 amide bonds. The SMILES string of the molecule is Cc1ccc(N)cc1NC(=O)C(C)N1CCOC(C)(C)C1. The highest BCUT2D eigenvalue weighted by Gasteiger charge is 2.32. The number of rotatable bonds is 3. The van der Waals surface area contributed by atoms with Gasteiger partial charge in [-0.25, -0.2) is 0 Å². The Labute approximate surface area is 126 Å². The van der Waals surface area contributed by atoms with Crippen LogP contribution in [0.1, 0.15) is 26.3 Å². The van der Waals surface area contributed by atoms with Crippen molar-refractivity contribution in [1.29, 1.82) is 0 Å². The zero-order chi connectivity index (χ0) is 15.6. The number of nitrogens with two attached hydrogens (primary N) is 1. The van der Waals surface area contributed by atoms with Crippen LogP contribution in [0.3, 0.4) is 0 Å². The van der Waals surface area contributed by atoms with Gasteiger partial charge in [0.25, 0.3) is 0 Å². The second-order valence-electron chi connectivity index (χ2n) is 6.32. The van der Waals surface area contributed by atoms with Crippen LogP contribution in [0.25, 0.3) is 0 Å². The van der Waals surface area contributed by atoms with E-state index in [1.54, 1.807) is 6.07 Å². The molecule has 5 nitrogen and oxygen atoms in total. The number of anilines is 2. The number of aryl methyl sites for hydroxylation is 1. The summed E-state index contributed by atoms with van der Waals surface area (Å²) in [7, 11) is 0. The average Bonchev–Trinajstić information content (AvgIpc) is 2.41. The number of carbonyl (C=O) groups excluding carboxylic acids is 1. The second kappa shape index (κ2) is 6.03. The molecule has 0 aliphatic carbocycles. The lowest BCUT2D eigenvalue weighted by Crippen LogP contribution is -2.54. The normalized spacial score (nSPS) is 20.0. The number of nitrogens with one attached hydrogen (secondary N) is 1. The lowest BCUT2D eigenvalue weighted by Gasteiger charge is -2.40. The number of nitrogen functional groups attached to an aromatic ring is 1. The third kappa shape index (κ3) is 3.95. The summed E-state index contributed by atoms with van der Waals surface area (Å²) < 4.78 is 5.69. The van der Waals surface area contributed by atoms with Crippen molar-refractivity contribution in [2.45, 2.75) is 39.3 Å². The summed E-state index contributed by atoms with van der Waals surface area (Å²) in [6.07, 6.45) is 0. The van der Waals surface area contributed by atoms with Crippen LogP contribution in [0.2, 0.25) is 0 Å². The summed E-state index contributed by atoms with van der Waals surface area (Å²) in [6.45, 7) is 10.2. The van der Waals surface area contributed by atoms with Crippen LogP contribution in [0.5, 0.6) is 0 Å². The minimum absolute atomic E-state index is 0.0126. The first-order chi connectivity index (χ1) is 9.78. The molecule has 1 aromatic carbocycles. The number of hydrogen-bond donors (Lipinski definition) is 2. The zero-order valence-electron chi connectivity index (χ0n) is 13.3. The molecule has 2 rings (SSSR count). The molecule has 1 atom stereocenters. The van der Waals surface area contributed by atoms with Crippen molar-refractivity contribution in [3.8, 4) is 0 Å². The van der Waals surface area contributed by atoms with E-state index in [4.69, 9.17) is 10.5 Å². The highest BCUT2D eigenvalue weighted by molar-refractivity contribution is 5.95. The Kier molecular flexibility index (Phi) is 4.54. The van der Waals surface area contributed by atoms with Gasteiger partial charge in [-0.3, -0.25) is 9.69 Å². The van der Waals surface area contributed by atoms with Gasteiger partial charge in [-0.05, 0) is 45.4 Å². The first-order valence-electron chi connectivity index (χ1n) is 7.33. The first-order valence-corrected chi connectivity index (χ1v) is 7.33. The van der Waals surface area contributed by atoms with E-state index < -0.39 is 0 Å². The Bertz CT molecular complexity index is 528. The fourth-order valence-corrected chi connectivity index (χ4v) is 2.56. The number of benzene rings is 1. The summed E-state index contributed by atoms with van der Waals surface area (Å²) in [5.41, 5.74) is 8.00. The van der Waals surface area contributed by atoms with Gasteiger partial charge in [0.15, 0.2) is 0 Å². The number of morpholine rings is 1. The van der Waals surface area contributed by atoms with Gasteiger partial charge >= 0.3 is 0 Å². The Morgan fingerprint density at radius 1 is 1.48 bits per heavy atom. The van der Waals surface area contributed by atoms with Crippen molar-refractivity contribution >= 4 is 17.3 Å². The van der Waals surface area contributed by atoms with Crippen LogP contribution < -0.4 is 11.1 Å². The maximum Gasteiger partial charge on any atom is 0.241 e. The van der Waals surface area contributed by atoms with Crippen LogP contribution in [0.15, 0.2) is 18.2 Å². The molecule has 1 heterocycles. The number of hydrogen-bond acceptors (Lipinski definition) is 4. The van der Waals surface area contributed by atoms with Gasteiger partial charge in [0, 0.05) is 24.5 Å². The van der Waals surface area contributed by atoms with E-state index in [9.17, 15) is 4.79 Å². The van der Waals surface area contributed by atoms with E-state index in [0.717, 1.165) is 24.3 Å². The summed E-state index contributed by atoms with van der Waals surface area (Å²) in [5.74, 6) is -0.0126. The molecule has 0 radical (unpaired) electrons. The largest absolute Gasteiger partial charge is 0.399 e. The summed E-state index contributed by atoms with van der Waals surface area (Å²) in [5, 5.41) is 2.97. The molecular formula is C16H25N3O2. The summed E-state index contributed by atoms with van der Waals surface area (Å²) in [6, 6.07) is 5.34. The molecule has 1 fully saturated rings. The smallest absolute Gasteiger partial charge is 0.241 e. The van der Waals surface area contributed by atoms with Gasteiger partial charge in [0.2, 0.25) is 5.91 Å². The van der Waals surface area contributed by atoms with Crippen molar-refractivity contribution in [3.05, 3.63) is 23.8 Å². The lowest BCUT2D eigenvalue weighted by atomic mass is 10.1. The third-order valence-corrected chi connectivity index (χ3v) is 3.90. The van der Waals surface area contributed by atoms with Crippen LogP contribution >= 0.6 is 0 Å². The molecule has 1 saturated heterocycles. The van der Waals surface area contributed by atoms with Gasteiger partial charge in [-0.15, -0.1) is 0 Å². The Morgan fingerprint density at radius 2 is 2.19 bits per heavy atom. The molecule has 1 aliphatic heterocycles. The highest BCUT2D eigenvalue weighted by atomic mass is 16.5. The molecule has 0 saturated carbocycles. The van der Waals surface area contributed by atoms with E-state index in [1.807, 2.05) is 39.8 Å². The first kappa shape index (κ1) is 15.8.